The first-order valence-corrected chi connectivity index (χ1v) is 10.6. The van der Waals surface area contributed by atoms with Crippen LogP contribution in [0.4, 0.5) is 0 Å². The second kappa shape index (κ2) is 8.77. The molecule has 5 heteroatoms. The molecule has 1 aromatic carbocycles. The van der Waals surface area contributed by atoms with Crippen LogP contribution in [-0.4, -0.2) is 23.3 Å². The van der Waals surface area contributed by atoms with Crippen LogP contribution in [-0.2, 0) is 9.59 Å². The van der Waals surface area contributed by atoms with Crippen molar-refractivity contribution in [3.63, 3.8) is 0 Å². The maximum atomic E-state index is 12.8. The molecule has 0 atom stereocenters. The van der Waals surface area contributed by atoms with E-state index < -0.39 is 11.8 Å². The van der Waals surface area contributed by atoms with Crippen molar-refractivity contribution in [3.05, 3.63) is 63.9 Å². The molecule has 0 spiro atoms. The maximum Gasteiger partial charge on any atom is 0.271 e. The first-order chi connectivity index (χ1) is 14.7. The van der Waals surface area contributed by atoms with E-state index in [1.807, 2.05) is 12.1 Å². The number of imide groups is 1. The molecule has 2 amide bonds. The Morgan fingerprint density at radius 3 is 2.16 bits per heavy atom. The molecule has 0 radical (unpaired) electrons. The number of furan rings is 1. The van der Waals surface area contributed by atoms with Gasteiger partial charge in [-0.2, -0.15) is 5.26 Å². The lowest BCUT2D eigenvalue weighted by Crippen LogP contribution is -2.42. The van der Waals surface area contributed by atoms with Crippen LogP contribution >= 0.6 is 0 Å². The van der Waals surface area contributed by atoms with Gasteiger partial charge in [-0.05, 0) is 72.7 Å². The zero-order valence-corrected chi connectivity index (χ0v) is 18.9. The summed E-state index contributed by atoms with van der Waals surface area (Å²) in [5, 5.41) is 9.39. The van der Waals surface area contributed by atoms with Crippen molar-refractivity contribution in [2.75, 3.05) is 6.54 Å². The highest BCUT2D eigenvalue weighted by Crippen LogP contribution is 2.32. The Balaban J connectivity index is 2.06. The molecule has 31 heavy (non-hydrogen) atoms. The van der Waals surface area contributed by atoms with Gasteiger partial charge in [0.25, 0.3) is 11.8 Å². The highest BCUT2D eigenvalue weighted by Gasteiger charge is 2.34. The van der Waals surface area contributed by atoms with Crippen molar-refractivity contribution in [2.24, 2.45) is 0 Å². The van der Waals surface area contributed by atoms with Crippen molar-refractivity contribution in [1.82, 2.24) is 4.90 Å². The summed E-state index contributed by atoms with van der Waals surface area (Å²) in [6, 6.07) is 12.1. The number of carbonyl (C=O) groups excluding carboxylic acids is 2. The zero-order valence-electron chi connectivity index (χ0n) is 18.9. The highest BCUT2D eigenvalue weighted by atomic mass is 16.3. The van der Waals surface area contributed by atoms with E-state index >= 15 is 0 Å². The molecule has 0 saturated heterocycles. The molecule has 2 heterocycles. The number of nitriles is 1. The molecule has 3 rings (SSSR count). The van der Waals surface area contributed by atoms with Crippen LogP contribution in [0, 0.1) is 11.3 Å². The van der Waals surface area contributed by atoms with Gasteiger partial charge in [-0.1, -0.05) is 33.8 Å². The molecular weight excluding hydrogens is 388 g/mol. The lowest BCUT2D eigenvalue weighted by atomic mass is 9.92. The molecule has 0 N–H and O–H groups in total. The van der Waals surface area contributed by atoms with E-state index in [4.69, 9.17) is 4.42 Å². The predicted octanol–water partition coefficient (Wildman–Crippen LogP) is 5.81. The van der Waals surface area contributed by atoms with Crippen LogP contribution in [0.15, 0.2) is 51.5 Å². The molecule has 160 valence electrons. The summed E-state index contributed by atoms with van der Waals surface area (Å²) in [7, 11) is 0. The van der Waals surface area contributed by atoms with Gasteiger partial charge in [-0.25, -0.2) is 0 Å². The molecule has 0 aliphatic carbocycles. The Bertz CT molecular complexity index is 1110. The van der Waals surface area contributed by atoms with E-state index in [9.17, 15) is 14.9 Å². The summed E-state index contributed by atoms with van der Waals surface area (Å²) in [5.74, 6) is 1.04. The minimum atomic E-state index is -0.545. The van der Waals surface area contributed by atoms with Crippen molar-refractivity contribution >= 4 is 17.9 Å². The molecule has 0 bridgehead atoms. The van der Waals surface area contributed by atoms with Crippen molar-refractivity contribution < 1.29 is 14.0 Å². The zero-order chi connectivity index (χ0) is 22.9. The maximum absolute atomic E-state index is 12.8. The quantitative estimate of drug-likeness (QED) is 0.456. The highest BCUT2D eigenvalue weighted by molar-refractivity contribution is 6.19. The third kappa shape index (κ3) is 4.25. The van der Waals surface area contributed by atoms with Gasteiger partial charge in [-0.3, -0.25) is 14.5 Å². The third-order valence-corrected chi connectivity index (χ3v) is 5.65. The fourth-order valence-corrected chi connectivity index (χ4v) is 3.63. The van der Waals surface area contributed by atoms with Crippen LogP contribution in [0.25, 0.3) is 17.4 Å². The number of benzene rings is 1. The first-order valence-electron chi connectivity index (χ1n) is 10.6. The summed E-state index contributed by atoms with van der Waals surface area (Å²) < 4.78 is 6.07. The summed E-state index contributed by atoms with van der Waals surface area (Å²) in [6.45, 7) is 12.2. The van der Waals surface area contributed by atoms with Crippen LogP contribution < -0.4 is 0 Å². The van der Waals surface area contributed by atoms with Crippen molar-refractivity contribution in [2.45, 2.75) is 53.4 Å². The number of hydrogen-bond acceptors (Lipinski definition) is 4. The third-order valence-electron chi connectivity index (χ3n) is 5.65. The Morgan fingerprint density at radius 2 is 1.65 bits per heavy atom. The normalized spacial score (nSPS) is 16.1. The Morgan fingerprint density at radius 1 is 1.03 bits per heavy atom. The SMILES string of the molecule is CCN1C(=O)C(C#N)=C(C)/C(=C/c2ccc(-c3cc(C(C)C)cc(C(C)C)c3)o2)C1=O. The standard InChI is InChI=1S/C26H28N2O3/c1-7-28-25(29)22(17(6)23(14-27)26(28)30)13-21-8-9-24(31-21)20-11-18(15(2)3)10-19(12-20)16(4)5/h8-13,15-16H,7H2,1-6H3/b22-13-. The monoisotopic (exact) mass is 416 g/mol. The van der Waals surface area contributed by atoms with E-state index in [-0.39, 0.29) is 12.1 Å². The smallest absolute Gasteiger partial charge is 0.271 e. The van der Waals surface area contributed by atoms with Gasteiger partial charge in [0.2, 0.25) is 0 Å². The predicted molar refractivity (Wildman–Crippen MR) is 121 cm³/mol. The van der Waals surface area contributed by atoms with Gasteiger partial charge in [0, 0.05) is 17.7 Å². The fourth-order valence-electron chi connectivity index (χ4n) is 3.63. The second-order valence-corrected chi connectivity index (χ2v) is 8.42. The van der Waals surface area contributed by atoms with Gasteiger partial charge in [0.1, 0.15) is 23.2 Å². The Kier molecular flexibility index (Phi) is 6.31. The van der Waals surface area contributed by atoms with E-state index in [1.165, 1.54) is 11.1 Å². The largest absolute Gasteiger partial charge is 0.457 e. The van der Waals surface area contributed by atoms with Gasteiger partial charge < -0.3 is 4.42 Å². The van der Waals surface area contributed by atoms with Gasteiger partial charge in [-0.15, -0.1) is 0 Å². The Hall–Kier alpha value is -3.39. The Labute approximate surface area is 183 Å². The average Bonchev–Trinajstić information content (AvgIpc) is 3.20. The molecule has 0 fully saturated rings. The van der Waals surface area contributed by atoms with E-state index in [0.717, 1.165) is 10.5 Å². The van der Waals surface area contributed by atoms with Crippen molar-refractivity contribution in [1.29, 1.82) is 5.26 Å². The number of amides is 2. The first kappa shape index (κ1) is 22.3. The lowest BCUT2D eigenvalue weighted by molar-refractivity contribution is -0.140. The van der Waals surface area contributed by atoms with Gasteiger partial charge >= 0.3 is 0 Å². The molecule has 1 aromatic heterocycles. The number of hydrogen-bond donors (Lipinski definition) is 0. The molecule has 0 saturated carbocycles. The summed E-state index contributed by atoms with van der Waals surface area (Å²) >= 11 is 0. The number of carbonyl (C=O) groups is 2. The van der Waals surface area contributed by atoms with E-state index in [1.54, 1.807) is 26.0 Å². The molecular formula is C26H28N2O3. The number of nitrogens with zero attached hydrogens (tertiary/aromatic N) is 2. The van der Waals surface area contributed by atoms with Crippen LogP contribution in [0.5, 0.6) is 0 Å². The topological polar surface area (TPSA) is 74.3 Å². The molecule has 2 aromatic rings. The fraction of sp³-hybridized carbons (Fsp3) is 0.346. The van der Waals surface area contributed by atoms with Gasteiger partial charge in [0.15, 0.2) is 0 Å². The number of rotatable bonds is 5. The minimum Gasteiger partial charge on any atom is -0.457 e. The summed E-state index contributed by atoms with van der Waals surface area (Å²) in [4.78, 5) is 26.2. The number of likely N-dealkylation sites (N-methyl/N-ethyl adjacent to an activating group) is 1. The lowest BCUT2D eigenvalue weighted by Gasteiger charge is -2.25. The van der Waals surface area contributed by atoms with Crippen LogP contribution in [0.1, 0.15) is 70.3 Å². The minimum absolute atomic E-state index is 0.00862. The van der Waals surface area contributed by atoms with Gasteiger partial charge in [0.05, 0.1) is 0 Å². The summed E-state index contributed by atoms with van der Waals surface area (Å²) in [5.41, 5.74) is 4.15. The molecule has 0 unspecified atom stereocenters. The van der Waals surface area contributed by atoms with Crippen molar-refractivity contribution in [3.8, 4) is 17.4 Å². The molecule has 5 nitrogen and oxygen atoms in total. The average molecular weight is 417 g/mol. The van der Waals surface area contributed by atoms with E-state index in [0.29, 0.717) is 34.5 Å². The van der Waals surface area contributed by atoms with Crippen LogP contribution in [0.2, 0.25) is 0 Å². The van der Waals surface area contributed by atoms with E-state index in [2.05, 4.69) is 45.9 Å². The molecule has 1 aliphatic rings. The van der Waals surface area contributed by atoms with Crippen LogP contribution in [0.3, 0.4) is 0 Å². The second-order valence-electron chi connectivity index (χ2n) is 8.42. The summed E-state index contributed by atoms with van der Waals surface area (Å²) in [6.07, 6.45) is 1.61. The molecule has 1 aliphatic heterocycles.